The topological polar surface area (TPSA) is 52.0 Å². The van der Waals surface area contributed by atoms with Crippen molar-refractivity contribution in [3.8, 4) is 0 Å². The van der Waals surface area contributed by atoms with Gasteiger partial charge >= 0.3 is 0 Å². The Morgan fingerprint density at radius 1 is 0.720 bits per heavy atom. The van der Waals surface area contributed by atoms with Crippen molar-refractivity contribution < 1.29 is 0 Å². The van der Waals surface area contributed by atoms with Crippen LogP contribution in [0.5, 0.6) is 0 Å². The molecule has 0 unspecified atom stereocenters. The Balaban J connectivity index is 0.000000212. The molecule has 0 saturated carbocycles. The first kappa shape index (κ1) is 18.3. The van der Waals surface area contributed by atoms with Gasteiger partial charge in [-0.05, 0) is 34.7 Å². The lowest BCUT2D eigenvalue weighted by molar-refractivity contribution is 0.867. The lowest BCUT2D eigenvalue weighted by Crippen LogP contribution is -1.92. The van der Waals surface area contributed by atoms with E-state index in [1.165, 1.54) is 5.56 Å². The standard InChI is InChI=1S/C14H14N2.C9H12/c15-13-9-8-12(14(16)10-13)7-6-11-4-2-1-3-5-11;1-8(2)9-6-4-3-5-7-9/h1-10H,15-16H2;3-8H,1-2H3. The van der Waals surface area contributed by atoms with Crippen molar-refractivity contribution >= 4 is 23.5 Å². The number of hydrogen-bond donors (Lipinski definition) is 2. The molecule has 2 heteroatoms. The van der Waals surface area contributed by atoms with Crippen LogP contribution in [0.1, 0.15) is 36.5 Å². The molecule has 3 rings (SSSR count). The van der Waals surface area contributed by atoms with Crippen LogP contribution in [-0.2, 0) is 0 Å². The minimum absolute atomic E-state index is 0.659. The first-order valence-electron chi connectivity index (χ1n) is 8.49. The van der Waals surface area contributed by atoms with E-state index in [2.05, 4.69) is 38.1 Å². The van der Waals surface area contributed by atoms with E-state index in [0.29, 0.717) is 17.3 Å². The molecule has 25 heavy (non-hydrogen) atoms. The fourth-order valence-electron chi connectivity index (χ4n) is 2.33. The maximum absolute atomic E-state index is 5.85. The van der Waals surface area contributed by atoms with E-state index < -0.39 is 0 Å². The lowest BCUT2D eigenvalue weighted by Gasteiger charge is -2.01. The zero-order valence-corrected chi connectivity index (χ0v) is 14.9. The van der Waals surface area contributed by atoms with Crippen LogP contribution in [-0.4, -0.2) is 0 Å². The summed E-state index contributed by atoms with van der Waals surface area (Å²) in [6.07, 6.45) is 4.02. The second-order valence-electron chi connectivity index (χ2n) is 6.20. The van der Waals surface area contributed by atoms with E-state index in [4.69, 9.17) is 11.5 Å². The van der Waals surface area contributed by atoms with Gasteiger partial charge in [-0.1, -0.05) is 92.7 Å². The van der Waals surface area contributed by atoms with Gasteiger partial charge in [-0.3, -0.25) is 0 Å². The summed E-state index contributed by atoms with van der Waals surface area (Å²) in [5.41, 5.74) is 16.4. The van der Waals surface area contributed by atoms with Crippen LogP contribution in [0.15, 0.2) is 78.9 Å². The van der Waals surface area contributed by atoms with Crippen LogP contribution in [0.4, 0.5) is 11.4 Å². The summed E-state index contributed by atoms with van der Waals surface area (Å²) >= 11 is 0. The smallest absolute Gasteiger partial charge is 0.0408 e. The molecule has 128 valence electrons. The molecule has 0 spiro atoms. The first-order chi connectivity index (χ1) is 12.1. The third kappa shape index (κ3) is 6.19. The average Bonchev–Trinajstić information content (AvgIpc) is 2.63. The largest absolute Gasteiger partial charge is 0.399 e. The van der Waals surface area contributed by atoms with Gasteiger partial charge in [0, 0.05) is 11.4 Å². The molecule has 0 radical (unpaired) electrons. The van der Waals surface area contributed by atoms with E-state index in [0.717, 1.165) is 11.1 Å². The van der Waals surface area contributed by atoms with Gasteiger partial charge in [-0.25, -0.2) is 0 Å². The van der Waals surface area contributed by atoms with Crippen molar-refractivity contribution in [2.24, 2.45) is 0 Å². The molecule has 0 aliphatic carbocycles. The molecule has 0 amide bonds. The van der Waals surface area contributed by atoms with Crippen molar-refractivity contribution in [3.63, 3.8) is 0 Å². The molecule has 3 aromatic rings. The predicted octanol–water partition coefficient (Wildman–Crippen LogP) is 5.83. The maximum atomic E-state index is 5.85. The molecular weight excluding hydrogens is 304 g/mol. The molecule has 0 bridgehead atoms. The third-order valence-corrected chi connectivity index (χ3v) is 3.83. The number of anilines is 2. The van der Waals surface area contributed by atoms with Crippen LogP contribution in [0.25, 0.3) is 12.2 Å². The van der Waals surface area contributed by atoms with E-state index in [9.17, 15) is 0 Å². The van der Waals surface area contributed by atoms with Crippen molar-refractivity contribution in [2.75, 3.05) is 11.5 Å². The molecule has 0 aromatic heterocycles. The number of rotatable bonds is 3. The molecule has 0 aliphatic heterocycles. The van der Waals surface area contributed by atoms with Crippen LogP contribution in [0, 0.1) is 0 Å². The Bertz CT molecular complexity index is 791. The summed E-state index contributed by atoms with van der Waals surface area (Å²) in [5.74, 6) is 0.659. The number of nitrogens with two attached hydrogens (primary N) is 2. The second kappa shape index (κ2) is 9.33. The summed E-state index contributed by atoms with van der Waals surface area (Å²) in [5, 5.41) is 0. The van der Waals surface area contributed by atoms with Gasteiger partial charge in [0.25, 0.3) is 0 Å². The minimum Gasteiger partial charge on any atom is -0.399 e. The van der Waals surface area contributed by atoms with Crippen LogP contribution in [0.3, 0.4) is 0 Å². The Hall–Kier alpha value is -3.00. The molecular formula is C23H26N2. The second-order valence-corrected chi connectivity index (χ2v) is 6.20. The summed E-state index contributed by atoms with van der Waals surface area (Å²) in [4.78, 5) is 0. The number of benzene rings is 3. The average molecular weight is 330 g/mol. The van der Waals surface area contributed by atoms with E-state index in [1.54, 1.807) is 6.07 Å². The molecule has 0 fully saturated rings. The van der Waals surface area contributed by atoms with Gasteiger partial charge < -0.3 is 11.5 Å². The Morgan fingerprint density at radius 3 is 1.84 bits per heavy atom. The highest BCUT2D eigenvalue weighted by molar-refractivity contribution is 5.77. The Labute approximate surface area is 150 Å². The van der Waals surface area contributed by atoms with E-state index >= 15 is 0 Å². The molecule has 4 N–H and O–H groups in total. The first-order valence-corrected chi connectivity index (χ1v) is 8.49. The summed E-state index contributed by atoms with van der Waals surface area (Å²) < 4.78 is 0. The lowest BCUT2D eigenvalue weighted by atomic mass is 10.0. The summed E-state index contributed by atoms with van der Waals surface area (Å²) in [6.45, 7) is 4.41. The number of hydrogen-bond acceptors (Lipinski definition) is 2. The van der Waals surface area contributed by atoms with Crippen molar-refractivity contribution in [2.45, 2.75) is 19.8 Å². The van der Waals surface area contributed by atoms with Crippen molar-refractivity contribution in [1.82, 2.24) is 0 Å². The van der Waals surface area contributed by atoms with E-state index in [-0.39, 0.29) is 0 Å². The van der Waals surface area contributed by atoms with Gasteiger partial charge in [0.2, 0.25) is 0 Å². The monoisotopic (exact) mass is 330 g/mol. The van der Waals surface area contributed by atoms with Crippen LogP contribution >= 0.6 is 0 Å². The van der Waals surface area contributed by atoms with Crippen LogP contribution < -0.4 is 11.5 Å². The van der Waals surface area contributed by atoms with Gasteiger partial charge in [0.15, 0.2) is 0 Å². The summed E-state index contributed by atoms with van der Waals surface area (Å²) in [7, 11) is 0. The molecule has 2 nitrogen and oxygen atoms in total. The van der Waals surface area contributed by atoms with Crippen LogP contribution in [0.2, 0.25) is 0 Å². The molecule has 0 aliphatic rings. The summed E-state index contributed by atoms with van der Waals surface area (Å²) in [6, 6.07) is 26.2. The van der Waals surface area contributed by atoms with Gasteiger partial charge in [0.05, 0.1) is 0 Å². The molecule has 3 aromatic carbocycles. The zero-order valence-electron chi connectivity index (χ0n) is 14.9. The quantitative estimate of drug-likeness (QED) is 0.469. The molecule has 0 atom stereocenters. The fraction of sp³-hybridized carbons (Fsp3) is 0.130. The highest BCUT2D eigenvalue weighted by atomic mass is 14.6. The normalized spacial score (nSPS) is 10.5. The zero-order chi connectivity index (χ0) is 18.1. The fourth-order valence-corrected chi connectivity index (χ4v) is 2.33. The van der Waals surface area contributed by atoms with E-state index in [1.807, 2.05) is 60.7 Å². The predicted molar refractivity (Wildman–Crippen MR) is 111 cm³/mol. The van der Waals surface area contributed by atoms with Crippen molar-refractivity contribution in [3.05, 3.63) is 95.6 Å². The SMILES string of the molecule is CC(C)c1ccccc1.Nc1ccc(C=Cc2ccccc2)c(N)c1. The highest BCUT2D eigenvalue weighted by Crippen LogP contribution is 2.18. The van der Waals surface area contributed by atoms with Gasteiger partial charge in [-0.15, -0.1) is 0 Å². The molecule has 0 saturated heterocycles. The molecule has 0 heterocycles. The number of nitrogen functional groups attached to an aromatic ring is 2. The minimum atomic E-state index is 0.659. The Kier molecular flexibility index (Phi) is 6.85. The third-order valence-electron chi connectivity index (χ3n) is 3.83. The Morgan fingerprint density at radius 2 is 1.32 bits per heavy atom. The van der Waals surface area contributed by atoms with Crippen molar-refractivity contribution in [1.29, 1.82) is 0 Å². The maximum Gasteiger partial charge on any atom is 0.0408 e. The van der Waals surface area contributed by atoms with Gasteiger partial charge in [0.1, 0.15) is 0 Å². The van der Waals surface area contributed by atoms with Gasteiger partial charge in [-0.2, -0.15) is 0 Å². The highest BCUT2D eigenvalue weighted by Gasteiger charge is 1.95.